The second-order valence-electron chi connectivity index (χ2n) is 5.03. The summed E-state index contributed by atoms with van der Waals surface area (Å²) < 4.78 is 59.9. The standard InChI is InChI=1S/C13H15F3N2O3S/c1-9-8-17-6-7-18(9)12(19)10-2-4-11(5-3-10)22(20,21)13(14,15)16/h2-5,9,17H,6-8H2,1H3/t9-/m0/s1. The molecule has 1 N–H and O–H groups in total. The van der Waals surface area contributed by atoms with Crippen LogP contribution >= 0.6 is 0 Å². The van der Waals surface area contributed by atoms with Crippen LogP contribution in [0, 0.1) is 0 Å². The summed E-state index contributed by atoms with van der Waals surface area (Å²) in [7, 11) is -5.39. The van der Waals surface area contributed by atoms with E-state index in [9.17, 15) is 26.4 Å². The highest BCUT2D eigenvalue weighted by atomic mass is 32.2. The maximum absolute atomic E-state index is 12.5. The molecule has 0 spiro atoms. The van der Waals surface area contributed by atoms with Gasteiger partial charge in [-0.15, -0.1) is 0 Å². The van der Waals surface area contributed by atoms with Crippen LogP contribution in [0.2, 0.25) is 0 Å². The molecule has 1 aromatic rings. The van der Waals surface area contributed by atoms with Gasteiger partial charge in [-0.25, -0.2) is 8.42 Å². The Hall–Kier alpha value is -1.61. The lowest BCUT2D eigenvalue weighted by Crippen LogP contribution is -2.52. The molecule has 1 fully saturated rings. The van der Waals surface area contributed by atoms with Crippen molar-refractivity contribution >= 4 is 15.7 Å². The molecule has 1 aliphatic heterocycles. The molecule has 1 aliphatic rings. The number of sulfone groups is 1. The molecule has 1 amide bonds. The Morgan fingerprint density at radius 3 is 2.36 bits per heavy atom. The molecule has 1 saturated heterocycles. The van der Waals surface area contributed by atoms with Crippen LogP contribution in [0.1, 0.15) is 17.3 Å². The van der Waals surface area contributed by atoms with Crippen molar-refractivity contribution < 1.29 is 26.4 Å². The Morgan fingerprint density at radius 1 is 1.27 bits per heavy atom. The average Bonchev–Trinajstić information content (AvgIpc) is 2.46. The first-order chi connectivity index (χ1) is 10.1. The molecule has 1 heterocycles. The zero-order valence-corrected chi connectivity index (χ0v) is 12.5. The Morgan fingerprint density at radius 2 is 1.86 bits per heavy atom. The van der Waals surface area contributed by atoms with Crippen molar-refractivity contribution in [3.05, 3.63) is 29.8 Å². The van der Waals surface area contributed by atoms with Gasteiger partial charge in [-0.3, -0.25) is 4.79 Å². The Bertz CT molecular complexity index is 656. The van der Waals surface area contributed by atoms with Crippen LogP contribution in [0.4, 0.5) is 13.2 Å². The molecule has 22 heavy (non-hydrogen) atoms. The summed E-state index contributed by atoms with van der Waals surface area (Å²) in [4.78, 5) is 13.0. The monoisotopic (exact) mass is 336 g/mol. The van der Waals surface area contributed by atoms with Crippen molar-refractivity contribution in [2.24, 2.45) is 0 Å². The number of alkyl halides is 3. The van der Waals surface area contributed by atoms with Gasteiger partial charge in [-0.1, -0.05) is 0 Å². The lowest BCUT2D eigenvalue weighted by atomic mass is 10.1. The third-order valence-electron chi connectivity index (χ3n) is 3.48. The summed E-state index contributed by atoms with van der Waals surface area (Å²) in [6.45, 7) is 3.61. The zero-order chi connectivity index (χ0) is 16.5. The van der Waals surface area contributed by atoms with E-state index in [1.165, 1.54) is 0 Å². The summed E-state index contributed by atoms with van der Waals surface area (Å²) in [5.74, 6) is -0.329. The van der Waals surface area contributed by atoms with Gasteiger partial charge in [-0.2, -0.15) is 13.2 Å². The first-order valence-corrected chi connectivity index (χ1v) is 8.06. The third kappa shape index (κ3) is 3.09. The molecule has 0 bridgehead atoms. The van der Waals surface area contributed by atoms with E-state index in [0.29, 0.717) is 19.6 Å². The number of carbonyl (C=O) groups is 1. The quantitative estimate of drug-likeness (QED) is 0.887. The van der Waals surface area contributed by atoms with E-state index in [4.69, 9.17) is 0 Å². The molecule has 0 aromatic heterocycles. The molecule has 1 aromatic carbocycles. The van der Waals surface area contributed by atoms with Crippen LogP contribution in [0.5, 0.6) is 0 Å². The predicted molar refractivity (Wildman–Crippen MR) is 73.1 cm³/mol. The number of carbonyl (C=O) groups excluding carboxylic acids is 1. The fraction of sp³-hybridized carbons (Fsp3) is 0.462. The van der Waals surface area contributed by atoms with Crippen molar-refractivity contribution in [1.82, 2.24) is 10.2 Å². The second-order valence-corrected chi connectivity index (χ2v) is 6.97. The van der Waals surface area contributed by atoms with Gasteiger partial charge in [-0.05, 0) is 31.2 Å². The molecule has 0 saturated carbocycles. The molecule has 0 aliphatic carbocycles. The van der Waals surface area contributed by atoms with E-state index < -0.39 is 20.2 Å². The highest BCUT2D eigenvalue weighted by Gasteiger charge is 2.46. The van der Waals surface area contributed by atoms with Crippen molar-refractivity contribution in [3.63, 3.8) is 0 Å². The molecular formula is C13H15F3N2O3S. The number of nitrogens with one attached hydrogen (secondary N) is 1. The van der Waals surface area contributed by atoms with Gasteiger partial charge in [0.1, 0.15) is 0 Å². The van der Waals surface area contributed by atoms with E-state index in [1.807, 2.05) is 6.92 Å². The summed E-state index contributed by atoms with van der Waals surface area (Å²) in [5.41, 5.74) is -5.19. The van der Waals surface area contributed by atoms with Crippen LogP contribution in [0.3, 0.4) is 0 Å². The fourth-order valence-electron chi connectivity index (χ4n) is 2.22. The van der Waals surface area contributed by atoms with E-state index in [0.717, 1.165) is 24.3 Å². The summed E-state index contributed by atoms with van der Waals surface area (Å²) in [6, 6.07) is 3.79. The van der Waals surface area contributed by atoms with Crippen LogP contribution < -0.4 is 5.32 Å². The minimum Gasteiger partial charge on any atom is -0.333 e. The Balaban J connectivity index is 2.24. The van der Waals surface area contributed by atoms with Gasteiger partial charge in [0.05, 0.1) is 4.90 Å². The molecule has 5 nitrogen and oxygen atoms in total. The number of rotatable bonds is 2. The number of halogens is 3. The number of benzene rings is 1. The van der Waals surface area contributed by atoms with Gasteiger partial charge >= 0.3 is 5.51 Å². The third-order valence-corrected chi connectivity index (χ3v) is 4.98. The minimum atomic E-state index is -5.39. The minimum absolute atomic E-state index is 0.0418. The fourth-order valence-corrected chi connectivity index (χ4v) is 2.98. The molecule has 9 heteroatoms. The largest absolute Gasteiger partial charge is 0.501 e. The summed E-state index contributed by atoms with van der Waals surface area (Å²) in [6.07, 6.45) is 0. The highest BCUT2D eigenvalue weighted by Crippen LogP contribution is 2.30. The van der Waals surface area contributed by atoms with Crippen molar-refractivity contribution in [2.75, 3.05) is 19.6 Å². The van der Waals surface area contributed by atoms with Gasteiger partial charge in [0.25, 0.3) is 15.7 Å². The smallest absolute Gasteiger partial charge is 0.333 e. The molecular weight excluding hydrogens is 321 g/mol. The number of hydrogen-bond acceptors (Lipinski definition) is 4. The predicted octanol–water partition coefficient (Wildman–Crippen LogP) is 1.41. The first kappa shape index (κ1) is 16.8. The second kappa shape index (κ2) is 5.88. The SMILES string of the molecule is C[C@H]1CNCCN1C(=O)c1ccc(S(=O)(=O)C(F)(F)F)cc1. The van der Waals surface area contributed by atoms with Gasteiger partial charge in [0, 0.05) is 31.2 Å². The van der Waals surface area contributed by atoms with Crippen molar-refractivity contribution in [2.45, 2.75) is 23.4 Å². The topological polar surface area (TPSA) is 66.5 Å². The van der Waals surface area contributed by atoms with E-state index in [2.05, 4.69) is 5.32 Å². The Labute approximate surface area is 126 Å². The van der Waals surface area contributed by atoms with Crippen molar-refractivity contribution in [3.8, 4) is 0 Å². The van der Waals surface area contributed by atoms with Crippen LogP contribution in [-0.2, 0) is 9.84 Å². The van der Waals surface area contributed by atoms with Crippen LogP contribution in [0.15, 0.2) is 29.2 Å². The molecule has 0 radical (unpaired) electrons. The number of piperazine rings is 1. The number of hydrogen-bond donors (Lipinski definition) is 1. The molecule has 122 valence electrons. The zero-order valence-electron chi connectivity index (χ0n) is 11.7. The van der Waals surface area contributed by atoms with Gasteiger partial charge in [0.15, 0.2) is 0 Å². The normalized spacial score (nSPS) is 20.0. The number of nitrogens with zero attached hydrogens (tertiary/aromatic N) is 1. The van der Waals surface area contributed by atoms with Crippen LogP contribution in [0.25, 0.3) is 0 Å². The lowest BCUT2D eigenvalue weighted by Gasteiger charge is -2.34. The van der Waals surface area contributed by atoms with Gasteiger partial charge in [0.2, 0.25) is 0 Å². The van der Waals surface area contributed by atoms with Crippen molar-refractivity contribution in [1.29, 1.82) is 0 Å². The van der Waals surface area contributed by atoms with E-state index in [1.54, 1.807) is 4.90 Å². The van der Waals surface area contributed by atoms with E-state index in [-0.39, 0.29) is 17.5 Å². The molecule has 2 rings (SSSR count). The summed E-state index contributed by atoms with van der Waals surface area (Å²) >= 11 is 0. The van der Waals surface area contributed by atoms with E-state index >= 15 is 0 Å². The maximum Gasteiger partial charge on any atom is 0.501 e. The van der Waals surface area contributed by atoms with Crippen LogP contribution in [-0.4, -0.2) is 50.4 Å². The number of amides is 1. The summed E-state index contributed by atoms with van der Waals surface area (Å²) in [5, 5.41) is 3.12. The Kier molecular flexibility index (Phi) is 4.48. The average molecular weight is 336 g/mol. The van der Waals surface area contributed by atoms with Gasteiger partial charge < -0.3 is 10.2 Å². The first-order valence-electron chi connectivity index (χ1n) is 6.57. The maximum atomic E-state index is 12.5. The highest BCUT2D eigenvalue weighted by molar-refractivity contribution is 7.92. The molecule has 1 atom stereocenters. The lowest BCUT2D eigenvalue weighted by molar-refractivity contribution is -0.0436. The molecule has 0 unspecified atom stereocenters.